The molecule has 51 heavy (non-hydrogen) atoms. The number of aryl methyl sites for hydroxylation is 2. The molecule has 0 spiro atoms. The minimum absolute atomic E-state index is 0.0310. The molecule has 2 N–H and O–H groups in total. The molecule has 3 heterocycles. The predicted octanol–water partition coefficient (Wildman–Crippen LogP) is 6.65. The zero-order valence-electron chi connectivity index (χ0n) is 28.6. The number of fused-ring (bicyclic) bond motifs is 3. The van der Waals surface area contributed by atoms with E-state index in [0.717, 1.165) is 44.5 Å². The summed E-state index contributed by atoms with van der Waals surface area (Å²) in [5, 5.41) is 20.6. The van der Waals surface area contributed by atoms with Crippen LogP contribution in [-0.2, 0) is 16.2 Å². The number of carboxylic acids is 1. The maximum Gasteiger partial charge on any atom is 0.352 e. The van der Waals surface area contributed by atoms with Crippen molar-refractivity contribution in [3.8, 4) is 39.7 Å². The maximum atomic E-state index is 12.4. The number of aliphatic carboxylic acids is 1. The fourth-order valence-electron chi connectivity index (χ4n) is 7.19. The first kappa shape index (κ1) is 33.6. The molecule has 0 saturated carbocycles. The number of nitrogens with zero attached hydrogens (tertiary/aromatic N) is 1. The van der Waals surface area contributed by atoms with Crippen LogP contribution in [0.1, 0.15) is 30.0 Å². The number of allylic oxidation sites excluding steroid dienone is 1. The van der Waals surface area contributed by atoms with Crippen molar-refractivity contribution in [2.45, 2.75) is 45.9 Å². The lowest BCUT2D eigenvalue weighted by molar-refractivity contribution is -0.161. The molecule has 260 valence electrons. The van der Waals surface area contributed by atoms with Gasteiger partial charge in [-0.25, -0.2) is 4.79 Å². The molecule has 4 aliphatic rings. The van der Waals surface area contributed by atoms with Crippen molar-refractivity contribution >= 4 is 22.8 Å². The Hall–Kier alpha value is -5.87. The zero-order valence-corrected chi connectivity index (χ0v) is 28.6. The highest BCUT2D eigenvalue weighted by Crippen LogP contribution is 2.45. The van der Waals surface area contributed by atoms with Crippen LogP contribution in [-0.4, -0.2) is 52.9 Å². The molecule has 1 fully saturated rings. The molecule has 3 atom stereocenters. The average Bonchev–Trinajstić information content (AvgIpc) is 3.42. The topological polar surface area (TPSA) is 136 Å². The highest BCUT2D eigenvalue weighted by atomic mass is 16.5. The van der Waals surface area contributed by atoms with E-state index in [1.165, 1.54) is 11.0 Å². The van der Waals surface area contributed by atoms with Crippen LogP contribution in [0.15, 0.2) is 105 Å². The van der Waals surface area contributed by atoms with E-state index in [2.05, 4.69) is 0 Å². The minimum Gasteiger partial charge on any atom is -0.497 e. The fraction of sp³-hybridized carbons (Fsp3) is 0.244. The summed E-state index contributed by atoms with van der Waals surface area (Å²) >= 11 is 0. The van der Waals surface area contributed by atoms with Gasteiger partial charge in [0.1, 0.15) is 47.5 Å². The lowest BCUT2D eigenvalue weighted by Crippen LogP contribution is -2.61. The van der Waals surface area contributed by atoms with Gasteiger partial charge in [0.25, 0.3) is 0 Å². The van der Waals surface area contributed by atoms with Crippen LogP contribution in [0.5, 0.6) is 17.2 Å². The second-order valence-electron chi connectivity index (χ2n) is 13.0. The van der Waals surface area contributed by atoms with E-state index in [1.54, 1.807) is 38.3 Å². The van der Waals surface area contributed by atoms with Crippen LogP contribution in [0, 0.1) is 19.8 Å². The van der Waals surface area contributed by atoms with Gasteiger partial charge in [-0.05, 0) is 110 Å². The Labute approximate surface area is 294 Å². The summed E-state index contributed by atoms with van der Waals surface area (Å²) in [5.74, 6) is 0.430. The molecule has 3 aromatic rings. The van der Waals surface area contributed by atoms with Crippen molar-refractivity contribution < 1.29 is 38.4 Å². The Morgan fingerprint density at radius 2 is 1.75 bits per heavy atom. The van der Waals surface area contributed by atoms with Crippen LogP contribution in [0.25, 0.3) is 33.4 Å². The molecule has 0 radical (unpaired) electrons. The molecule has 0 aromatic heterocycles. The van der Waals surface area contributed by atoms with E-state index < -0.39 is 18.0 Å². The number of rotatable bonds is 11. The second kappa shape index (κ2) is 13.4. The summed E-state index contributed by atoms with van der Waals surface area (Å²) in [6.07, 6.45) is 2.96. The molecule has 1 aliphatic carbocycles. The van der Waals surface area contributed by atoms with E-state index >= 15 is 0 Å². The highest BCUT2D eigenvalue weighted by molar-refractivity contribution is 6.03. The number of carbonyl (C=O) groups is 2. The van der Waals surface area contributed by atoms with Crippen LogP contribution in [0.4, 0.5) is 0 Å². The number of ether oxygens (including phenoxy) is 3. The number of carboxylic acid groups (broad SMARTS) is 1. The Morgan fingerprint density at radius 1 is 0.961 bits per heavy atom. The molecule has 3 aromatic carbocycles. The summed E-state index contributed by atoms with van der Waals surface area (Å²) in [7, 11) is 1.64. The summed E-state index contributed by atoms with van der Waals surface area (Å²) in [5.41, 5.74) is 6.63. The van der Waals surface area contributed by atoms with Crippen LogP contribution < -0.4 is 19.6 Å². The van der Waals surface area contributed by atoms with Crippen molar-refractivity contribution in [1.29, 1.82) is 0 Å². The third kappa shape index (κ3) is 6.23. The molecule has 1 amide bonds. The van der Waals surface area contributed by atoms with E-state index in [9.17, 15) is 24.6 Å². The normalized spacial score (nSPS) is 17.6. The summed E-state index contributed by atoms with van der Waals surface area (Å²) < 4.78 is 23.8. The highest BCUT2D eigenvalue weighted by Gasteiger charge is 2.56. The Kier molecular flexibility index (Phi) is 8.86. The van der Waals surface area contributed by atoms with Crippen LogP contribution in [0.2, 0.25) is 0 Å². The average molecular weight is 688 g/mol. The number of hydrogen-bond acceptors (Lipinski definition) is 8. The fourth-order valence-corrected chi connectivity index (χ4v) is 7.19. The smallest absolute Gasteiger partial charge is 0.352 e. The lowest BCUT2D eigenvalue weighted by Gasteiger charge is -2.44. The number of amides is 1. The van der Waals surface area contributed by atoms with Gasteiger partial charge in [0.15, 0.2) is 5.43 Å². The number of β-lactam (4-membered cyclic amide) rings is 1. The number of carbonyl (C=O) groups excluding carboxylic acids is 1. The number of aliphatic hydroxyl groups is 1. The Balaban J connectivity index is 1.04. The molecule has 7 rings (SSSR count). The Bertz CT molecular complexity index is 2280. The largest absolute Gasteiger partial charge is 0.497 e. The van der Waals surface area contributed by atoms with Crippen molar-refractivity contribution in [2.75, 3.05) is 13.7 Å². The maximum absolute atomic E-state index is 12.4. The molecular formula is C41H37NO9. The quantitative estimate of drug-likeness (QED) is 0.116. The van der Waals surface area contributed by atoms with Gasteiger partial charge < -0.3 is 33.7 Å². The minimum atomic E-state index is -1.16. The predicted molar refractivity (Wildman–Crippen MR) is 191 cm³/mol. The van der Waals surface area contributed by atoms with Gasteiger partial charge in [-0.3, -0.25) is 9.59 Å². The first-order chi connectivity index (χ1) is 24.5. The van der Waals surface area contributed by atoms with Gasteiger partial charge in [-0.2, -0.15) is 0 Å². The number of methoxy groups -OCH3 is 1. The van der Waals surface area contributed by atoms with Gasteiger partial charge in [-0.1, -0.05) is 18.2 Å². The van der Waals surface area contributed by atoms with Crippen LogP contribution >= 0.6 is 0 Å². The van der Waals surface area contributed by atoms with Crippen molar-refractivity contribution in [3.05, 3.63) is 123 Å². The molecule has 0 unspecified atom stereocenters. The van der Waals surface area contributed by atoms with Crippen molar-refractivity contribution in [1.82, 2.24) is 4.90 Å². The summed E-state index contributed by atoms with van der Waals surface area (Å²) in [4.78, 5) is 37.9. The van der Waals surface area contributed by atoms with E-state index in [-0.39, 0.29) is 29.7 Å². The van der Waals surface area contributed by atoms with E-state index in [0.29, 0.717) is 41.4 Å². The van der Waals surface area contributed by atoms with Gasteiger partial charge in [-0.15, -0.1) is 0 Å². The van der Waals surface area contributed by atoms with Crippen molar-refractivity contribution in [3.63, 3.8) is 0 Å². The van der Waals surface area contributed by atoms with Gasteiger partial charge in [0.05, 0.1) is 25.2 Å². The SMILES string of the molecule is COc1ccc(-c2c3ccc(=O)cc-3oc3cc(OCc4ccc(OC/C=C/C5=C(C(=O)O)N6C(=O)[C@H]([C@@H](C)O)[C@H]6C5)c(C)c4)ccc23)c(C)c1. The molecule has 10 nitrogen and oxygen atoms in total. The number of benzene rings is 4. The molecule has 3 aliphatic heterocycles. The number of hydrogen-bond donors (Lipinski definition) is 2. The number of aliphatic hydroxyl groups excluding tert-OH is 1. The second-order valence-corrected chi connectivity index (χ2v) is 13.0. The molecule has 10 heteroatoms. The summed E-state index contributed by atoms with van der Waals surface area (Å²) in [6, 6.07) is 21.9. The third-order valence-corrected chi connectivity index (χ3v) is 9.63. The molecule has 0 bridgehead atoms. The first-order valence-corrected chi connectivity index (χ1v) is 16.7. The standard InChI is InChI=1S/C41H37NO9/c1-22-17-28(48-4)9-12-30(22)38-31-11-8-27(44)19-35(31)51-36-20-29(10-13-32(36)38)50-21-25-7-14-34(23(2)16-25)49-15-5-6-26-18-33-37(24(3)43)40(45)42(33)39(26)41(46)47/h5-14,16-17,19-20,24,33,37,43H,15,18,21H2,1-4H3,(H,46,47)/b6-5+/t24-,33-,37-/m1/s1. The Morgan fingerprint density at radius 3 is 2.47 bits per heavy atom. The zero-order chi connectivity index (χ0) is 36.0. The summed E-state index contributed by atoms with van der Waals surface area (Å²) in [6.45, 7) is 6.01. The first-order valence-electron chi connectivity index (χ1n) is 16.7. The van der Waals surface area contributed by atoms with E-state index in [4.69, 9.17) is 18.6 Å². The van der Waals surface area contributed by atoms with Gasteiger partial charge >= 0.3 is 5.97 Å². The monoisotopic (exact) mass is 687 g/mol. The van der Waals surface area contributed by atoms with Gasteiger partial charge in [0.2, 0.25) is 5.91 Å². The van der Waals surface area contributed by atoms with E-state index in [1.807, 2.05) is 68.4 Å². The molecular weight excluding hydrogens is 650 g/mol. The lowest BCUT2D eigenvalue weighted by atomic mass is 9.83. The van der Waals surface area contributed by atoms with Crippen molar-refractivity contribution in [2.24, 2.45) is 5.92 Å². The van der Waals surface area contributed by atoms with Crippen LogP contribution in [0.3, 0.4) is 0 Å². The molecule has 1 saturated heterocycles. The third-order valence-electron chi connectivity index (χ3n) is 9.63. The van der Waals surface area contributed by atoms with Gasteiger partial charge in [0, 0.05) is 28.6 Å².